The molecule has 1 fully saturated rings. The maximum absolute atomic E-state index is 3.23. The SMILES string of the molecule is CC1C=C=C2CC21. The average Bonchev–Trinajstić information content (AvgIpc) is 2.33. The fourth-order valence-corrected chi connectivity index (χ4v) is 1.20. The van der Waals surface area contributed by atoms with E-state index >= 15 is 0 Å². The summed E-state index contributed by atoms with van der Waals surface area (Å²) in [5.74, 6) is 1.75. The molecule has 0 aromatic heterocycles. The Morgan fingerprint density at radius 1 is 1.86 bits per heavy atom. The van der Waals surface area contributed by atoms with Crippen LogP contribution >= 0.6 is 0 Å². The number of allylic oxidation sites excluding steroid dienone is 1. The molecule has 7 heavy (non-hydrogen) atoms. The van der Waals surface area contributed by atoms with E-state index in [2.05, 4.69) is 18.7 Å². The third-order valence-electron chi connectivity index (χ3n) is 1.89. The first kappa shape index (κ1) is 3.51. The minimum absolute atomic E-state index is 0.815. The Kier molecular flexibility index (Phi) is 0.426. The molecule has 0 heteroatoms. The van der Waals surface area contributed by atoms with Crippen LogP contribution < -0.4 is 0 Å². The van der Waals surface area contributed by atoms with Gasteiger partial charge in [0.05, 0.1) is 0 Å². The largest absolute Gasteiger partial charge is 0.125 e. The van der Waals surface area contributed by atoms with Crippen molar-refractivity contribution in [2.24, 2.45) is 11.8 Å². The molecule has 0 saturated heterocycles. The fourth-order valence-electron chi connectivity index (χ4n) is 1.20. The molecular weight excluding hydrogens is 84.1 g/mol. The fraction of sp³-hybridized carbons (Fsp3) is 0.571. The minimum atomic E-state index is 0.815. The number of rotatable bonds is 0. The second-order valence-corrected chi connectivity index (χ2v) is 2.51. The molecule has 2 aliphatic rings. The Morgan fingerprint density at radius 3 is 2.86 bits per heavy atom. The van der Waals surface area contributed by atoms with Crippen molar-refractivity contribution >= 4 is 0 Å². The van der Waals surface area contributed by atoms with Gasteiger partial charge in [0.15, 0.2) is 0 Å². The van der Waals surface area contributed by atoms with E-state index in [1.165, 1.54) is 6.42 Å². The number of hydrogen-bond acceptors (Lipinski definition) is 0. The third kappa shape index (κ3) is 0.324. The molecule has 0 nitrogen and oxygen atoms in total. The van der Waals surface area contributed by atoms with Crippen LogP contribution in [-0.4, -0.2) is 0 Å². The summed E-state index contributed by atoms with van der Waals surface area (Å²) >= 11 is 0. The van der Waals surface area contributed by atoms with E-state index in [9.17, 15) is 0 Å². The Bertz CT molecular complexity index is 159. The maximum Gasteiger partial charge on any atom is -0.00172 e. The first-order chi connectivity index (χ1) is 3.38. The highest BCUT2D eigenvalue weighted by Gasteiger charge is 2.36. The highest BCUT2D eigenvalue weighted by atomic mass is 14.4. The number of hydrogen-bond donors (Lipinski definition) is 0. The van der Waals surface area contributed by atoms with E-state index < -0.39 is 0 Å². The van der Waals surface area contributed by atoms with Crippen molar-refractivity contribution in [1.29, 1.82) is 0 Å². The van der Waals surface area contributed by atoms with Gasteiger partial charge < -0.3 is 0 Å². The van der Waals surface area contributed by atoms with Crippen LogP contribution in [-0.2, 0) is 0 Å². The summed E-state index contributed by atoms with van der Waals surface area (Å²) in [6.45, 7) is 2.26. The zero-order chi connectivity index (χ0) is 4.85. The molecule has 2 rings (SSSR count). The molecule has 36 valence electrons. The maximum atomic E-state index is 3.23. The van der Waals surface area contributed by atoms with E-state index in [1.807, 2.05) is 0 Å². The Morgan fingerprint density at radius 2 is 2.71 bits per heavy atom. The van der Waals surface area contributed by atoms with E-state index in [0.717, 1.165) is 11.8 Å². The van der Waals surface area contributed by atoms with Gasteiger partial charge in [0.2, 0.25) is 0 Å². The van der Waals surface area contributed by atoms with Gasteiger partial charge in [0.25, 0.3) is 0 Å². The lowest BCUT2D eigenvalue weighted by Gasteiger charge is -1.92. The van der Waals surface area contributed by atoms with Crippen LogP contribution in [0.15, 0.2) is 17.4 Å². The lowest BCUT2D eigenvalue weighted by atomic mass is 10.1. The van der Waals surface area contributed by atoms with E-state index in [1.54, 1.807) is 5.57 Å². The van der Waals surface area contributed by atoms with Crippen LogP contribution in [0.5, 0.6) is 0 Å². The molecule has 0 heterocycles. The first-order valence-electron chi connectivity index (χ1n) is 2.83. The van der Waals surface area contributed by atoms with Crippen molar-refractivity contribution in [3.63, 3.8) is 0 Å². The summed E-state index contributed by atoms with van der Waals surface area (Å²) < 4.78 is 0. The van der Waals surface area contributed by atoms with Crippen molar-refractivity contribution in [2.75, 3.05) is 0 Å². The standard InChI is InChI=1S/C7H8/c1-5-2-3-6-4-7(5)6/h2,5,7H,4H2,1H3. The molecule has 2 aliphatic carbocycles. The molecule has 1 saturated carbocycles. The molecule has 0 aromatic carbocycles. The van der Waals surface area contributed by atoms with Crippen molar-refractivity contribution < 1.29 is 0 Å². The van der Waals surface area contributed by atoms with Crippen molar-refractivity contribution in [1.82, 2.24) is 0 Å². The lowest BCUT2D eigenvalue weighted by molar-refractivity contribution is 0.659. The third-order valence-corrected chi connectivity index (χ3v) is 1.89. The topological polar surface area (TPSA) is 0 Å². The Balaban J connectivity index is 2.40. The van der Waals surface area contributed by atoms with E-state index in [-0.39, 0.29) is 0 Å². The molecule has 0 radical (unpaired) electrons. The van der Waals surface area contributed by atoms with Gasteiger partial charge in [-0.25, -0.2) is 0 Å². The van der Waals surface area contributed by atoms with Crippen LogP contribution in [0.4, 0.5) is 0 Å². The second kappa shape index (κ2) is 0.850. The van der Waals surface area contributed by atoms with E-state index in [4.69, 9.17) is 0 Å². The van der Waals surface area contributed by atoms with Crippen LogP contribution in [0.2, 0.25) is 0 Å². The smallest absolute Gasteiger partial charge is 0.00172 e. The van der Waals surface area contributed by atoms with Crippen molar-refractivity contribution in [3.05, 3.63) is 17.4 Å². The van der Waals surface area contributed by atoms with Crippen LogP contribution in [0, 0.1) is 11.8 Å². The average molecular weight is 92.1 g/mol. The molecule has 0 spiro atoms. The quantitative estimate of drug-likeness (QED) is 0.399. The molecule has 0 aromatic rings. The van der Waals surface area contributed by atoms with Gasteiger partial charge in [-0.15, -0.1) is 5.73 Å². The zero-order valence-electron chi connectivity index (χ0n) is 4.44. The van der Waals surface area contributed by atoms with Crippen molar-refractivity contribution in [3.8, 4) is 0 Å². The van der Waals surface area contributed by atoms with E-state index in [0.29, 0.717) is 0 Å². The van der Waals surface area contributed by atoms with Crippen molar-refractivity contribution in [2.45, 2.75) is 13.3 Å². The molecule has 2 atom stereocenters. The first-order valence-corrected chi connectivity index (χ1v) is 2.83. The summed E-state index contributed by atoms with van der Waals surface area (Å²) in [5, 5.41) is 0. The summed E-state index contributed by atoms with van der Waals surface area (Å²) in [7, 11) is 0. The summed E-state index contributed by atoms with van der Waals surface area (Å²) in [6.07, 6.45) is 3.53. The normalized spacial score (nSPS) is 43.3. The molecule has 0 N–H and O–H groups in total. The highest BCUT2D eigenvalue weighted by molar-refractivity contribution is 5.30. The predicted octanol–water partition coefficient (Wildman–Crippen LogP) is 1.74. The van der Waals surface area contributed by atoms with Crippen LogP contribution in [0.25, 0.3) is 0 Å². The molecule has 0 amide bonds. The Labute approximate surface area is 43.5 Å². The van der Waals surface area contributed by atoms with Gasteiger partial charge in [-0.1, -0.05) is 6.92 Å². The number of fused-ring (bicyclic) bond motifs is 1. The van der Waals surface area contributed by atoms with Gasteiger partial charge in [-0.2, -0.15) is 0 Å². The van der Waals surface area contributed by atoms with Gasteiger partial charge >= 0.3 is 0 Å². The summed E-state index contributed by atoms with van der Waals surface area (Å²) in [4.78, 5) is 0. The van der Waals surface area contributed by atoms with Gasteiger partial charge in [0, 0.05) is 0 Å². The zero-order valence-corrected chi connectivity index (χ0v) is 4.44. The molecule has 2 unspecified atom stereocenters. The van der Waals surface area contributed by atoms with Gasteiger partial charge in [-0.05, 0) is 29.9 Å². The summed E-state index contributed by atoms with van der Waals surface area (Å²) in [5.41, 5.74) is 4.80. The monoisotopic (exact) mass is 92.1 g/mol. The predicted molar refractivity (Wildman–Crippen MR) is 28.9 cm³/mol. The molecule has 0 aliphatic heterocycles. The van der Waals surface area contributed by atoms with Gasteiger partial charge in [0.1, 0.15) is 0 Å². The van der Waals surface area contributed by atoms with Gasteiger partial charge in [-0.3, -0.25) is 0 Å². The highest BCUT2D eigenvalue weighted by Crippen LogP contribution is 2.46. The lowest BCUT2D eigenvalue weighted by Crippen LogP contribution is -1.85. The Hall–Kier alpha value is -0.480. The second-order valence-electron chi connectivity index (χ2n) is 2.51. The molecule has 0 bridgehead atoms. The van der Waals surface area contributed by atoms with Crippen LogP contribution in [0.1, 0.15) is 13.3 Å². The van der Waals surface area contributed by atoms with Crippen LogP contribution in [0.3, 0.4) is 0 Å². The minimum Gasteiger partial charge on any atom is -0.125 e. The molecular formula is C7H8. The summed E-state index contributed by atoms with van der Waals surface area (Å²) in [6, 6.07) is 0.